The second-order valence-electron chi connectivity index (χ2n) is 3.36. The number of carbonyl (C=O) groups excluding carboxylic acids is 1. The van der Waals surface area contributed by atoms with Gasteiger partial charge in [0.05, 0.1) is 0 Å². The minimum atomic E-state index is -0.592. The van der Waals surface area contributed by atoms with Crippen molar-refractivity contribution in [3.05, 3.63) is 29.0 Å². The molecule has 2 aromatic heterocycles. The van der Waals surface area contributed by atoms with Gasteiger partial charge in [0.2, 0.25) is 18.2 Å². The fourth-order valence-electron chi connectivity index (χ4n) is 1.26. The molecule has 0 bridgehead atoms. The highest BCUT2D eigenvalue weighted by atomic mass is 16.6. The molecule has 0 saturated heterocycles. The smallest absolute Gasteiger partial charge is 0.358 e. The van der Waals surface area contributed by atoms with E-state index in [-0.39, 0.29) is 24.1 Å². The SMILES string of the molecule is O=C(CCn1cnc([N+](=O)[O-])c1)Nc1ncn[nH]1. The van der Waals surface area contributed by atoms with Gasteiger partial charge in [-0.2, -0.15) is 10.1 Å². The predicted octanol–water partition coefficient (Wildman–Crippen LogP) is -0.0618. The van der Waals surface area contributed by atoms with Gasteiger partial charge in [-0.05, 0) is 9.91 Å². The Balaban J connectivity index is 1.83. The van der Waals surface area contributed by atoms with Crippen LogP contribution in [0, 0.1) is 10.1 Å². The molecule has 0 aliphatic carbocycles. The zero-order valence-electron chi connectivity index (χ0n) is 9.11. The van der Waals surface area contributed by atoms with Crippen molar-refractivity contribution in [2.75, 3.05) is 5.32 Å². The molecule has 0 unspecified atom stereocenters. The van der Waals surface area contributed by atoms with Gasteiger partial charge in [0.15, 0.2) is 0 Å². The van der Waals surface area contributed by atoms with E-state index < -0.39 is 4.92 Å². The third kappa shape index (κ3) is 2.87. The average molecular weight is 251 g/mol. The number of hydrogen-bond acceptors (Lipinski definition) is 6. The summed E-state index contributed by atoms with van der Waals surface area (Å²) in [4.78, 5) is 28.6. The molecule has 0 spiro atoms. The molecular weight excluding hydrogens is 242 g/mol. The molecule has 10 heteroatoms. The van der Waals surface area contributed by atoms with Crippen LogP contribution in [0.4, 0.5) is 11.8 Å². The van der Waals surface area contributed by atoms with Gasteiger partial charge in [0, 0.05) is 13.0 Å². The highest BCUT2D eigenvalue weighted by molar-refractivity contribution is 5.88. The van der Waals surface area contributed by atoms with Crippen LogP contribution in [-0.2, 0) is 11.3 Å². The number of nitro groups is 1. The Morgan fingerprint density at radius 2 is 2.39 bits per heavy atom. The number of carbonyl (C=O) groups is 1. The van der Waals surface area contributed by atoms with E-state index in [2.05, 4.69) is 25.5 Å². The van der Waals surface area contributed by atoms with Gasteiger partial charge in [-0.1, -0.05) is 0 Å². The Labute approximate surface area is 100 Å². The number of nitrogens with one attached hydrogen (secondary N) is 2. The van der Waals surface area contributed by atoms with Gasteiger partial charge in [0.25, 0.3) is 0 Å². The number of rotatable bonds is 5. The number of H-pyrrole nitrogens is 1. The third-order valence-electron chi connectivity index (χ3n) is 2.08. The van der Waals surface area contributed by atoms with E-state index in [0.29, 0.717) is 6.54 Å². The Bertz CT molecular complexity index is 547. The average Bonchev–Trinajstić information content (AvgIpc) is 2.96. The number of nitrogens with zero attached hydrogens (tertiary/aromatic N) is 5. The fraction of sp³-hybridized carbons (Fsp3) is 0.250. The minimum absolute atomic E-state index is 0.147. The van der Waals surface area contributed by atoms with Crippen LogP contribution in [0.2, 0.25) is 0 Å². The van der Waals surface area contributed by atoms with Gasteiger partial charge >= 0.3 is 5.82 Å². The van der Waals surface area contributed by atoms with Crippen molar-refractivity contribution in [3.63, 3.8) is 0 Å². The van der Waals surface area contributed by atoms with Crippen LogP contribution in [0.1, 0.15) is 6.42 Å². The summed E-state index contributed by atoms with van der Waals surface area (Å²) in [5.41, 5.74) is 0. The molecule has 1 amide bonds. The van der Waals surface area contributed by atoms with Crippen LogP contribution in [-0.4, -0.2) is 35.6 Å². The van der Waals surface area contributed by atoms with Crippen LogP contribution in [0.25, 0.3) is 0 Å². The lowest BCUT2D eigenvalue weighted by Gasteiger charge is -2.01. The zero-order valence-corrected chi connectivity index (χ0v) is 9.11. The first-order chi connectivity index (χ1) is 8.65. The number of aromatic nitrogens is 5. The summed E-state index contributed by atoms with van der Waals surface area (Å²) in [6.07, 6.45) is 3.99. The fourth-order valence-corrected chi connectivity index (χ4v) is 1.26. The number of imidazole rings is 1. The van der Waals surface area contributed by atoms with Crippen LogP contribution >= 0.6 is 0 Å². The zero-order chi connectivity index (χ0) is 13.0. The lowest BCUT2D eigenvalue weighted by Crippen LogP contribution is -2.14. The molecule has 2 aromatic rings. The molecule has 10 nitrogen and oxygen atoms in total. The van der Waals surface area contributed by atoms with Crippen molar-refractivity contribution in [3.8, 4) is 0 Å². The number of aromatic amines is 1. The van der Waals surface area contributed by atoms with Crippen molar-refractivity contribution in [2.45, 2.75) is 13.0 Å². The molecule has 0 aliphatic rings. The van der Waals surface area contributed by atoms with Crippen LogP contribution in [0.15, 0.2) is 18.9 Å². The second-order valence-corrected chi connectivity index (χ2v) is 3.36. The number of anilines is 1. The summed E-state index contributed by atoms with van der Waals surface area (Å²) in [5, 5.41) is 18.9. The van der Waals surface area contributed by atoms with Crippen LogP contribution < -0.4 is 5.32 Å². The van der Waals surface area contributed by atoms with Crippen molar-refractivity contribution in [1.82, 2.24) is 24.7 Å². The van der Waals surface area contributed by atoms with E-state index in [9.17, 15) is 14.9 Å². The van der Waals surface area contributed by atoms with Crippen LogP contribution in [0.3, 0.4) is 0 Å². The van der Waals surface area contributed by atoms with E-state index in [0.717, 1.165) is 0 Å². The first-order valence-electron chi connectivity index (χ1n) is 4.96. The lowest BCUT2D eigenvalue weighted by molar-refractivity contribution is -0.389. The van der Waals surface area contributed by atoms with Gasteiger partial charge in [-0.3, -0.25) is 10.1 Å². The predicted molar refractivity (Wildman–Crippen MR) is 58.5 cm³/mol. The van der Waals surface area contributed by atoms with Crippen LogP contribution in [0.5, 0.6) is 0 Å². The molecule has 0 fully saturated rings. The normalized spacial score (nSPS) is 10.2. The number of hydrogen-bond donors (Lipinski definition) is 2. The molecule has 0 aromatic carbocycles. The Kier molecular flexibility index (Phi) is 3.27. The molecule has 2 rings (SSSR count). The maximum Gasteiger partial charge on any atom is 0.381 e. The number of amides is 1. The molecule has 0 atom stereocenters. The van der Waals surface area contributed by atoms with Crippen molar-refractivity contribution in [1.29, 1.82) is 0 Å². The summed E-state index contributed by atoms with van der Waals surface area (Å²) < 4.78 is 1.47. The number of aryl methyl sites for hydroxylation is 1. The molecular formula is C8H9N7O3. The maximum atomic E-state index is 11.5. The van der Waals surface area contributed by atoms with Crippen molar-refractivity contribution < 1.29 is 9.72 Å². The summed E-state index contributed by atoms with van der Waals surface area (Å²) in [6.45, 7) is 0.292. The topological polar surface area (TPSA) is 132 Å². The standard InChI is InChI=1S/C8H9N7O3/c16-7(12-8-9-4-11-13-8)1-2-14-3-6(10-5-14)15(17)18/h3-5H,1-2H2,(H2,9,11,12,13,16). The quantitative estimate of drug-likeness (QED) is 0.565. The van der Waals surface area contributed by atoms with Gasteiger partial charge in [0.1, 0.15) is 12.5 Å². The Morgan fingerprint density at radius 3 is 3.00 bits per heavy atom. The maximum absolute atomic E-state index is 11.5. The van der Waals surface area contributed by atoms with E-state index in [1.165, 1.54) is 23.4 Å². The van der Waals surface area contributed by atoms with E-state index >= 15 is 0 Å². The third-order valence-corrected chi connectivity index (χ3v) is 2.08. The molecule has 94 valence electrons. The second kappa shape index (κ2) is 5.03. The summed E-state index contributed by atoms with van der Waals surface area (Å²) in [6, 6.07) is 0. The van der Waals surface area contributed by atoms with E-state index in [1.54, 1.807) is 0 Å². The molecule has 18 heavy (non-hydrogen) atoms. The first kappa shape index (κ1) is 11.7. The largest absolute Gasteiger partial charge is 0.381 e. The van der Waals surface area contributed by atoms with Crippen molar-refractivity contribution in [2.24, 2.45) is 0 Å². The molecule has 2 N–H and O–H groups in total. The minimum Gasteiger partial charge on any atom is -0.358 e. The molecule has 0 saturated carbocycles. The lowest BCUT2D eigenvalue weighted by atomic mass is 10.4. The van der Waals surface area contributed by atoms with Crippen molar-refractivity contribution >= 4 is 17.7 Å². The molecule has 0 radical (unpaired) electrons. The van der Waals surface area contributed by atoms with E-state index in [4.69, 9.17) is 0 Å². The Morgan fingerprint density at radius 1 is 1.56 bits per heavy atom. The van der Waals surface area contributed by atoms with Gasteiger partial charge in [-0.25, -0.2) is 5.10 Å². The molecule has 0 aliphatic heterocycles. The molecule has 2 heterocycles. The summed E-state index contributed by atoms with van der Waals surface area (Å²) in [5.74, 6) is -0.259. The Hall–Kier alpha value is -2.78. The van der Waals surface area contributed by atoms with Gasteiger partial charge in [-0.15, -0.1) is 0 Å². The summed E-state index contributed by atoms with van der Waals surface area (Å²) >= 11 is 0. The highest BCUT2D eigenvalue weighted by Gasteiger charge is 2.11. The summed E-state index contributed by atoms with van der Waals surface area (Å²) in [7, 11) is 0. The highest BCUT2D eigenvalue weighted by Crippen LogP contribution is 2.06. The first-order valence-corrected chi connectivity index (χ1v) is 4.96. The van der Waals surface area contributed by atoms with E-state index in [1.807, 2.05) is 0 Å². The monoisotopic (exact) mass is 251 g/mol. The van der Waals surface area contributed by atoms with Gasteiger partial charge < -0.3 is 14.7 Å².